The number of nitrogens with zero attached hydrogens (tertiary/aromatic N) is 1. The Labute approximate surface area is 90.2 Å². The first-order chi connectivity index (χ1) is 6.24. The SMILES string of the molecule is CSCCN1CCC(C(N)=S)CC1. The molecule has 0 aromatic rings. The van der Waals surface area contributed by atoms with E-state index in [4.69, 9.17) is 18.0 Å². The minimum absolute atomic E-state index is 0.500. The molecule has 0 amide bonds. The molecule has 0 bridgehead atoms. The van der Waals surface area contributed by atoms with Crippen LogP contribution in [-0.4, -0.2) is 41.5 Å². The molecule has 1 heterocycles. The smallest absolute Gasteiger partial charge is 0.0759 e. The summed E-state index contributed by atoms with van der Waals surface area (Å²) in [6, 6.07) is 0. The molecule has 1 fully saturated rings. The van der Waals surface area contributed by atoms with Crippen molar-refractivity contribution in [1.82, 2.24) is 4.90 Å². The van der Waals surface area contributed by atoms with Crippen LogP contribution in [0.4, 0.5) is 0 Å². The van der Waals surface area contributed by atoms with Gasteiger partial charge in [-0.3, -0.25) is 0 Å². The van der Waals surface area contributed by atoms with E-state index in [2.05, 4.69) is 11.2 Å². The third-order valence-corrected chi connectivity index (χ3v) is 3.53. The third-order valence-electron chi connectivity index (χ3n) is 2.60. The van der Waals surface area contributed by atoms with Crippen LogP contribution in [0.1, 0.15) is 12.8 Å². The third kappa shape index (κ3) is 3.83. The zero-order valence-corrected chi connectivity index (χ0v) is 9.79. The van der Waals surface area contributed by atoms with E-state index >= 15 is 0 Å². The molecule has 0 spiro atoms. The van der Waals surface area contributed by atoms with E-state index in [0.717, 1.165) is 12.8 Å². The molecule has 13 heavy (non-hydrogen) atoms. The Balaban J connectivity index is 2.18. The summed E-state index contributed by atoms with van der Waals surface area (Å²) >= 11 is 6.91. The lowest BCUT2D eigenvalue weighted by Gasteiger charge is -2.31. The summed E-state index contributed by atoms with van der Waals surface area (Å²) in [4.78, 5) is 3.22. The van der Waals surface area contributed by atoms with Gasteiger partial charge >= 0.3 is 0 Å². The number of piperidine rings is 1. The second kappa shape index (κ2) is 5.83. The predicted molar refractivity (Wildman–Crippen MR) is 64.3 cm³/mol. The molecule has 1 rings (SSSR count). The molecule has 0 atom stereocenters. The van der Waals surface area contributed by atoms with Crippen molar-refractivity contribution in [2.45, 2.75) is 12.8 Å². The van der Waals surface area contributed by atoms with E-state index in [9.17, 15) is 0 Å². The first-order valence-electron chi connectivity index (χ1n) is 4.74. The standard InChI is InChI=1S/C9H18N2S2/c1-13-7-6-11-4-2-8(3-5-11)9(10)12/h8H,2-7H2,1H3,(H2,10,12). The molecular weight excluding hydrogens is 200 g/mol. The van der Waals surface area contributed by atoms with Crippen LogP contribution in [0.5, 0.6) is 0 Å². The highest BCUT2D eigenvalue weighted by molar-refractivity contribution is 7.98. The van der Waals surface area contributed by atoms with E-state index < -0.39 is 0 Å². The van der Waals surface area contributed by atoms with Gasteiger partial charge in [0, 0.05) is 18.2 Å². The van der Waals surface area contributed by atoms with E-state index in [1.165, 1.54) is 25.4 Å². The number of thioether (sulfide) groups is 1. The predicted octanol–water partition coefficient (Wildman–Crippen LogP) is 1.35. The lowest BCUT2D eigenvalue weighted by atomic mass is 9.97. The number of thiocarbonyl (C=S) groups is 1. The van der Waals surface area contributed by atoms with Gasteiger partial charge in [0.25, 0.3) is 0 Å². The van der Waals surface area contributed by atoms with Gasteiger partial charge < -0.3 is 10.6 Å². The summed E-state index contributed by atoms with van der Waals surface area (Å²) in [6.07, 6.45) is 4.47. The maximum absolute atomic E-state index is 5.62. The van der Waals surface area contributed by atoms with Crippen LogP contribution in [0.2, 0.25) is 0 Å². The topological polar surface area (TPSA) is 29.3 Å². The number of hydrogen-bond donors (Lipinski definition) is 1. The molecule has 0 aromatic heterocycles. The summed E-state index contributed by atoms with van der Waals surface area (Å²) in [5.41, 5.74) is 5.62. The summed E-state index contributed by atoms with van der Waals surface area (Å²) in [5.74, 6) is 1.73. The number of rotatable bonds is 4. The average molecular weight is 218 g/mol. The fourth-order valence-electron chi connectivity index (χ4n) is 1.66. The molecule has 1 saturated heterocycles. The second-order valence-electron chi connectivity index (χ2n) is 3.51. The fraction of sp³-hybridized carbons (Fsp3) is 0.889. The van der Waals surface area contributed by atoms with E-state index in [-0.39, 0.29) is 0 Å². The summed E-state index contributed by atoms with van der Waals surface area (Å²) in [5, 5.41) is 0. The van der Waals surface area contributed by atoms with Gasteiger partial charge in [0.1, 0.15) is 0 Å². The molecule has 0 saturated carbocycles. The molecule has 76 valence electrons. The van der Waals surface area contributed by atoms with Crippen LogP contribution in [0.25, 0.3) is 0 Å². The number of nitrogens with two attached hydrogens (primary N) is 1. The first-order valence-corrected chi connectivity index (χ1v) is 6.55. The van der Waals surface area contributed by atoms with Gasteiger partial charge in [0.05, 0.1) is 4.99 Å². The van der Waals surface area contributed by atoms with Crippen molar-refractivity contribution in [1.29, 1.82) is 0 Å². The Morgan fingerprint density at radius 3 is 2.62 bits per heavy atom. The summed E-state index contributed by atoms with van der Waals surface area (Å²) in [6.45, 7) is 3.55. The highest BCUT2D eigenvalue weighted by atomic mass is 32.2. The van der Waals surface area contributed by atoms with Crippen molar-refractivity contribution in [3.05, 3.63) is 0 Å². The molecule has 2 N–H and O–H groups in total. The van der Waals surface area contributed by atoms with Crippen molar-refractivity contribution in [3.8, 4) is 0 Å². The van der Waals surface area contributed by atoms with Crippen LogP contribution in [0, 0.1) is 5.92 Å². The molecule has 0 aromatic carbocycles. The quantitative estimate of drug-likeness (QED) is 0.721. The van der Waals surface area contributed by atoms with Gasteiger partial charge in [0.15, 0.2) is 0 Å². The Kier molecular flexibility index (Phi) is 5.06. The Bertz CT molecular complexity index is 165. The van der Waals surface area contributed by atoms with Crippen molar-refractivity contribution >= 4 is 29.0 Å². The Morgan fingerprint density at radius 2 is 2.15 bits per heavy atom. The van der Waals surface area contributed by atoms with Gasteiger partial charge in [-0.25, -0.2) is 0 Å². The molecule has 0 aliphatic carbocycles. The van der Waals surface area contributed by atoms with Crippen molar-refractivity contribution in [2.24, 2.45) is 11.7 Å². The lowest BCUT2D eigenvalue weighted by molar-refractivity contribution is 0.221. The second-order valence-corrected chi connectivity index (χ2v) is 4.97. The minimum Gasteiger partial charge on any atom is -0.393 e. The fourth-order valence-corrected chi connectivity index (χ4v) is 2.34. The number of likely N-dealkylation sites (tertiary alicyclic amines) is 1. The maximum atomic E-state index is 5.62. The summed E-state index contributed by atoms with van der Waals surface area (Å²) < 4.78 is 0. The molecule has 0 radical (unpaired) electrons. The van der Waals surface area contributed by atoms with Gasteiger partial charge in [-0.05, 0) is 32.2 Å². The molecule has 2 nitrogen and oxygen atoms in total. The van der Waals surface area contributed by atoms with Crippen LogP contribution in [0.15, 0.2) is 0 Å². The highest BCUT2D eigenvalue weighted by Crippen LogP contribution is 2.17. The molecule has 1 aliphatic heterocycles. The Morgan fingerprint density at radius 1 is 1.54 bits per heavy atom. The molecule has 4 heteroatoms. The highest BCUT2D eigenvalue weighted by Gasteiger charge is 2.20. The van der Waals surface area contributed by atoms with Crippen LogP contribution in [-0.2, 0) is 0 Å². The van der Waals surface area contributed by atoms with E-state index in [1.807, 2.05) is 11.8 Å². The summed E-state index contributed by atoms with van der Waals surface area (Å²) in [7, 11) is 0. The van der Waals surface area contributed by atoms with Crippen LogP contribution >= 0.6 is 24.0 Å². The van der Waals surface area contributed by atoms with E-state index in [1.54, 1.807) is 0 Å². The normalized spacial score (nSPS) is 20.4. The van der Waals surface area contributed by atoms with Crippen molar-refractivity contribution in [2.75, 3.05) is 31.6 Å². The van der Waals surface area contributed by atoms with Gasteiger partial charge in [-0.2, -0.15) is 11.8 Å². The zero-order valence-electron chi connectivity index (χ0n) is 8.16. The van der Waals surface area contributed by atoms with Gasteiger partial charge in [0.2, 0.25) is 0 Å². The van der Waals surface area contributed by atoms with Crippen molar-refractivity contribution < 1.29 is 0 Å². The Hall–Kier alpha value is 0.200. The molecule has 0 unspecified atom stereocenters. The van der Waals surface area contributed by atoms with Gasteiger partial charge in [-0.15, -0.1) is 0 Å². The van der Waals surface area contributed by atoms with Crippen LogP contribution in [0.3, 0.4) is 0 Å². The monoisotopic (exact) mass is 218 g/mol. The van der Waals surface area contributed by atoms with E-state index in [0.29, 0.717) is 10.9 Å². The number of hydrogen-bond acceptors (Lipinski definition) is 3. The lowest BCUT2D eigenvalue weighted by Crippen LogP contribution is -2.38. The largest absolute Gasteiger partial charge is 0.393 e. The molecular formula is C9H18N2S2. The average Bonchev–Trinajstić information content (AvgIpc) is 2.15. The minimum atomic E-state index is 0.500. The van der Waals surface area contributed by atoms with Crippen molar-refractivity contribution in [3.63, 3.8) is 0 Å². The van der Waals surface area contributed by atoms with Crippen LogP contribution < -0.4 is 5.73 Å². The molecule has 1 aliphatic rings. The first kappa shape index (κ1) is 11.3. The van der Waals surface area contributed by atoms with Gasteiger partial charge in [-0.1, -0.05) is 12.2 Å². The maximum Gasteiger partial charge on any atom is 0.0759 e. The zero-order chi connectivity index (χ0) is 9.68.